The van der Waals surface area contributed by atoms with Crippen LogP contribution in [0.15, 0.2) is 10.6 Å². The molecule has 5 nitrogen and oxygen atoms in total. The minimum atomic E-state index is -0.00352. The molecule has 2 atom stereocenters. The van der Waals surface area contributed by atoms with Crippen molar-refractivity contribution in [3.8, 4) is 0 Å². The van der Waals surface area contributed by atoms with Crippen molar-refractivity contribution >= 4 is 5.91 Å². The van der Waals surface area contributed by atoms with Gasteiger partial charge in [-0.05, 0) is 26.2 Å². The fourth-order valence-electron chi connectivity index (χ4n) is 2.76. The van der Waals surface area contributed by atoms with Gasteiger partial charge in [0.25, 0.3) is 5.91 Å². The quantitative estimate of drug-likeness (QED) is 0.787. The third kappa shape index (κ3) is 2.07. The van der Waals surface area contributed by atoms with Crippen LogP contribution in [-0.4, -0.2) is 41.1 Å². The molecule has 0 aliphatic carbocycles. The van der Waals surface area contributed by atoms with Crippen molar-refractivity contribution in [1.29, 1.82) is 0 Å². The molecule has 2 unspecified atom stereocenters. The number of nitrogens with zero attached hydrogens (tertiary/aromatic N) is 2. The van der Waals surface area contributed by atoms with Gasteiger partial charge in [0.15, 0.2) is 5.69 Å². The maximum absolute atomic E-state index is 12.2. The summed E-state index contributed by atoms with van der Waals surface area (Å²) in [5.74, 6) is 0.680. The fourth-order valence-corrected chi connectivity index (χ4v) is 2.76. The number of hydrogen-bond donors (Lipinski definition) is 1. The molecule has 1 aromatic rings. The van der Waals surface area contributed by atoms with E-state index in [0.29, 0.717) is 23.5 Å². The summed E-state index contributed by atoms with van der Waals surface area (Å²) in [6.07, 6.45) is 3.46. The molecule has 1 aromatic heterocycles. The van der Waals surface area contributed by atoms with Gasteiger partial charge in [0.2, 0.25) is 0 Å². The lowest BCUT2D eigenvalue weighted by atomic mass is 10.1. The van der Waals surface area contributed by atoms with E-state index >= 15 is 0 Å². The molecule has 1 N–H and O–H groups in total. The Kier molecular flexibility index (Phi) is 2.63. The van der Waals surface area contributed by atoms with Gasteiger partial charge < -0.3 is 14.7 Å². The molecule has 1 amide bonds. The van der Waals surface area contributed by atoms with Crippen molar-refractivity contribution in [3.05, 3.63) is 17.5 Å². The van der Waals surface area contributed by atoms with Gasteiger partial charge >= 0.3 is 0 Å². The summed E-state index contributed by atoms with van der Waals surface area (Å²) >= 11 is 0. The summed E-state index contributed by atoms with van der Waals surface area (Å²) in [5, 5.41) is 7.35. The number of aryl methyl sites for hydroxylation is 1. The van der Waals surface area contributed by atoms with Crippen LogP contribution >= 0.6 is 0 Å². The number of rotatable bonds is 1. The highest BCUT2D eigenvalue weighted by Gasteiger charge is 2.32. The third-order valence-corrected chi connectivity index (χ3v) is 3.66. The van der Waals surface area contributed by atoms with Crippen molar-refractivity contribution in [3.63, 3.8) is 0 Å². The van der Waals surface area contributed by atoms with Gasteiger partial charge in [-0.25, -0.2) is 0 Å². The molecule has 2 saturated heterocycles. The van der Waals surface area contributed by atoms with Crippen molar-refractivity contribution in [1.82, 2.24) is 15.4 Å². The smallest absolute Gasteiger partial charge is 0.276 e. The van der Waals surface area contributed by atoms with Crippen LogP contribution in [0.5, 0.6) is 0 Å². The maximum Gasteiger partial charge on any atom is 0.276 e. The number of hydrogen-bond acceptors (Lipinski definition) is 4. The predicted octanol–water partition coefficient (Wildman–Crippen LogP) is 0.950. The van der Waals surface area contributed by atoms with Crippen molar-refractivity contribution < 1.29 is 9.32 Å². The molecule has 2 aliphatic rings. The number of aromatic nitrogens is 1. The first-order valence-corrected chi connectivity index (χ1v) is 6.21. The Morgan fingerprint density at radius 3 is 3.06 bits per heavy atom. The van der Waals surface area contributed by atoms with Crippen LogP contribution in [0.4, 0.5) is 0 Å². The number of carbonyl (C=O) groups excluding carboxylic acids is 1. The Morgan fingerprint density at radius 2 is 2.29 bits per heavy atom. The van der Waals surface area contributed by atoms with Crippen LogP contribution in [0, 0.1) is 6.92 Å². The van der Waals surface area contributed by atoms with E-state index in [1.54, 1.807) is 13.0 Å². The lowest BCUT2D eigenvalue weighted by molar-refractivity contribution is 0.0737. The molecule has 5 heteroatoms. The van der Waals surface area contributed by atoms with E-state index in [0.717, 1.165) is 19.5 Å². The number of carbonyl (C=O) groups is 1. The van der Waals surface area contributed by atoms with Crippen molar-refractivity contribution in [2.75, 3.05) is 13.1 Å². The van der Waals surface area contributed by atoms with Gasteiger partial charge in [-0.2, -0.15) is 0 Å². The Bertz CT molecular complexity index is 429. The molecule has 0 saturated carbocycles. The zero-order valence-electron chi connectivity index (χ0n) is 9.98. The summed E-state index contributed by atoms with van der Waals surface area (Å²) in [6.45, 7) is 3.41. The van der Waals surface area contributed by atoms with Crippen LogP contribution in [0.1, 0.15) is 35.5 Å². The maximum atomic E-state index is 12.2. The molecule has 0 aromatic carbocycles. The molecule has 3 rings (SSSR count). The van der Waals surface area contributed by atoms with Crippen LogP contribution in [0.2, 0.25) is 0 Å². The van der Waals surface area contributed by atoms with E-state index in [1.165, 1.54) is 12.8 Å². The summed E-state index contributed by atoms with van der Waals surface area (Å²) in [5.41, 5.74) is 0.431. The molecule has 92 valence electrons. The van der Waals surface area contributed by atoms with E-state index < -0.39 is 0 Å². The largest absolute Gasteiger partial charge is 0.361 e. The molecule has 0 radical (unpaired) electrons. The average molecular weight is 235 g/mol. The lowest BCUT2D eigenvalue weighted by Crippen LogP contribution is -2.39. The zero-order valence-corrected chi connectivity index (χ0v) is 9.98. The fraction of sp³-hybridized carbons (Fsp3) is 0.667. The third-order valence-electron chi connectivity index (χ3n) is 3.66. The normalized spacial score (nSPS) is 28.2. The molecule has 2 fully saturated rings. The highest BCUT2D eigenvalue weighted by Crippen LogP contribution is 2.21. The average Bonchev–Trinajstić information content (AvgIpc) is 2.84. The van der Waals surface area contributed by atoms with Gasteiger partial charge in [0.05, 0.1) is 0 Å². The first kappa shape index (κ1) is 10.8. The van der Waals surface area contributed by atoms with Crippen molar-refractivity contribution in [2.24, 2.45) is 0 Å². The number of fused-ring (bicyclic) bond motifs is 2. The molecular weight excluding hydrogens is 218 g/mol. The summed E-state index contributed by atoms with van der Waals surface area (Å²) in [6, 6.07) is 2.76. The molecule has 2 aliphatic heterocycles. The van der Waals surface area contributed by atoms with Crippen LogP contribution in [0.3, 0.4) is 0 Å². The van der Waals surface area contributed by atoms with Gasteiger partial charge in [-0.3, -0.25) is 4.79 Å². The van der Waals surface area contributed by atoms with E-state index in [9.17, 15) is 4.79 Å². The van der Waals surface area contributed by atoms with E-state index in [4.69, 9.17) is 4.52 Å². The first-order chi connectivity index (χ1) is 8.22. The zero-order chi connectivity index (χ0) is 11.8. The van der Waals surface area contributed by atoms with E-state index in [1.807, 2.05) is 4.90 Å². The minimum absolute atomic E-state index is 0.00352. The van der Waals surface area contributed by atoms with Crippen molar-refractivity contribution in [2.45, 2.75) is 38.3 Å². The Balaban J connectivity index is 1.73. The predicted molar refractivity (Wildman–Crippen MR) is 61.7 cm³/mol. The number of nitrogens with one attached hydrogen (secondary N) is 1. The number of likely N-dealkylation sites (tertiary alicyclic amines) is 1. The molecular formula is C12H17N3O2. The topological polar surface area (TPSA) is 58.4 Å². The van der Waals surface area contributed by atoms with Crippen LogP contribution in [-0.2, 0) is 0 Å². The van der Waals surface area contributed by atoms with Gasteiger partial charge in [-0.15, -0.1) is 0 Å². The Labute approximate surface area is 100 Å². The molecule has 0 spiro atoms. The van der Waals surface area contributed by atoms with Gasteiger partial charge in [0, 0.05) is 31.2 Å². The van der Waals surface area contributed by atoms with E-state index in [2.05, 4.69) is 10.5 Å². The van der Waals surface area contributed by atoms with Crippen LogP contribution < -0.4 is 5.32 Å². The number of amides is 1. The first-order valence-electron chi connectivity index (χ1n) is 6.21. The molecule has 3 heterocycles. The highest BCUT2D eigenvalue weighted by molar-refractivity contribution is 5.92. The van der Waals surface area contributed by atoms with Gasteiger partial charge in [0.1, 0.15) is 5.76 Å². The molecule has 2 bridgehead atoms. The van der Waals surface area contributed by atoms with Gasteiger partial charge in [-0.1, -0.05) is 5.16 Å². The van der Waals surface area contributed by atoms with E-state index in [-0.39, 0.29) is 5.91 Å². The SMILES string of the molecule is Cc1cc(C(=O)N2CCC3CCC(C2)N3)no1. The highest BCUT2D eigenvalue weighted by atomic mass is 16.5. The second kappa shape index (κ2) is 4.14. The monoisotopic (exact) mass is 235 g/mol. The lowest BCUT2D eigenvalue weighted by Gasteiger charge is -2.23. The summed E-state index contributed by atoms with van der Waals surface area (Å²) < 4.78 is 4.96. The second-order valence-electron chi connectivity index (χ2n) is 5.00. The Morgan fingerprint density at radius 1 is 1.47 bits per heavy atom. The summed E-state index contributed by atoms with van der Waals surface area (Å²) in [7, 11) is 0. The summed E-state index contributed by atoms with van der Waals surface area (Å²) in [4.78, 5) is 14.1. The standard InChI is InChI=1S/C12H17N3O2/c1-8-6-11(14-17-8)12(16)15-5-4-9-2-3-10(7-15)13-9/h6,9-10,13H,2-5,7H2,1H3. The second-order valence-corrected chi connectivity index (χ2v) is 5.00. The van der Waals surface area contributed by atoms with Crippen LogP contribution in [0.25, 0.3) is 0 Å². The minimum Gasteiger partial charge on any atom is -0.361 e. The Hall–Kier alpha value is -1.36. The molecule has 17 heavy (non-hydrogen) atoms.